The number of aryl methyl sites for hydroxylation is 1. The Hall–Kier alpha value is -2.49. The lowest BCUT2D eigenvalue weighted by molar-refractivity contribution is 0.603. The Morgan fingerprint density at radius 3 is 2.29 bits per heavy atom. The Labute approximate surface area is 174 Å². The van der Waals surface area contributed by atoms with E-state index in [1.807, 2.05) is 49.4 Å². The highest BCUT2D eigenvalue weighted by Gasteiger charge is 2.20. The maximum Gasteiger partial charge on any atom is 0.272 e. The molecule has 0 saturated carbocycles. The van der Waals surface area contributed by atoms with Crippen molar-refractivity contribution in [1.29, 1.82) is 0 Å². The molecule has 2 heterocycles. The molecule has 4 aromatic rings. The fraction of sp³-hybridized carbons (Fsp3) is 0.0526. The summed E-state index contributed by atoms with van der Waals surface area (Å²) in [5.74, 6) is 0.480. The van der Waals surface area contributed by atoms with E-state index in [-0.39, 0.29) is 10.0 Å². The van der Waals surface area contributed by atoms with Gasteiger partial charge in [-0.15, -0.1) is 11.3 Å². The van der Waals surface area contributed by atoms with E-state index in [2.05, 4.69) is 35.9 Å². The van der Waals surface area contributed by atoms with Crippen LogP contribution in [0.25, 0.3) is 11.0 Å². The summed E-state index contributed by atoms with van der Waals surface area (Å²) in [6.45, 7) is 1.98. The number of aromatic nitrogens is 2. The maximum absolute atomic E-state index is 12.8. The first-order valence-electron chi connectivity index (χ1n) is 8.29. The normalized spacial score (nSPS) is 11.5. The lowest BCUT2D eigenvalue weighted by atomic mass is 10.2. The smallest absolute Gasteiger partial charge is 0.272 e. The number of sulfonamides is 1. The quantitative estimate of drug-likeness (QED) is 0.409. The topological polar surface area (TPSA) is 84.0 Å². The average Bonchev–Trinajstić information content (AvgIpc) is 3.09. The van der Waals surface area contributed by atoms with E-state index in [1.165, 1.54) is 0 Å². The van der Waals surface area contributed by atoms with Gasteiger partial charge in [0.05, 0.1) is 14.8 Å². The summed E-state index contributed by atoms with van der Waals surface area (Å²) in [5.41, 5.74) is 3.13. The molecule has 0 spiro atoms. The lowest BCUT2D eigenvalue weighted by Gasteiger charge is -2.13. The number of hydrogen-bond acceptors (Lipinski definition) is 6. The van der Waals surface area contributed by atoms with Crippen LogP contribution in [0.5, 0.6) is 0 Å². The largest absolute Gasteiger partial charge is 0.337 e. The summed E-state index contributed by atoms with van der Waals surface area (Å²) in [5, 5.41) is 3.18. The van der Waals surface area contributed by atoms with Gasteiger partial charge >= 0.3 is 0 Å². The van der Waals surface area contributed by atoms with Crippen molar-refractivity contribution in [2.24, 2.45) is 0 Å². The molecule has 2 N–H and O–H groups in total. The number of benzene rings is 2. The first-order chi connectivity index (χ1) is 13.4. The molecule has 0 aliphatic heterocycles. The Bertz CT molecular complexity index is 1270. The third kappa shape index (κ3) is 4.01. The number of rotatable bonds is 5. The minimum absolute atomic E-state index is 0.143. The number of nitrogens with zero attached hydrogens (tertiary/aromatic N) is 2. The van der Waals surface area contributed by atoms with Crippen LogP contribution in [0.4, 0.5) is 17.3 Å². The molecule has 0 unspecified atom stereocenters. The summed E-state index contributed by atoms with van der Waals surface area (Å²) in [7, 11) is -3.79. The third-order valence-corrected chi connectivity index (χ3v) is 7.35. The van der Waals surface area contributed by atoms with Crippen molar-refractivity contribution in [3.05, 3.63) is 70.0 Å². The van der Waals surface area contributed by atoms with Crippen molar-refractivity contribution in [2.75, 3.05) is 10.0 Å². The molecule has 0 fully saturated rings. The molecule has 2 aromatic heterocycles. The fourth-order valence-electron chi connectivity index (χ4n) is 2.64. The summed E-state index contributed by atoms with van der Waals surface area (Å²) >= 11 is 4.42. The zero-order valence-corrected chi connectivity index (χ0v) is 17.9. The zero-order chi connectivity index (χ0) is 19.7. The van der Waals surface area contributed by atoms with Crippen LogP contribution in [0.2, 0.25) is 0 Å². The highest BCUT2D eigenvalue weighted by Crippen LogP contribution is 2.30. The van der Waals surface area contributed by atoms with Gasteiger partial charge < -0.3 is 5.32 Å². The predicted octanol–water partition coefficient (Wildman–Crippen LogP) is 5.31. The van der Waals surface area contributed by atoms with Gasteiger partial charge in [-0.1, -0.05) is 24.3 Å². The fourth-order valence-corrected chi connectivity index (χ4v) is 5.66. The van der Waals surface area contributed by atoms with Gasteiger partial charge in [0, 0.05) is 5.69 Å². The number of fused-ring (bicyclic) bond motifs is 1. The Morgan fingerprint density at radius 2 is 1.64 bits per heavy atom. The van der Waals surface area contributed by atoms with Gasteiger partial charge in [0.1, 0.15) is 4.21 Å². The van der Waals surface area contributed by atoms with Gasteiger partial charge in [-0.05, 0) is 64.8 Å². The van der Waals surface area contributed by atoms with Crippen molar-refractivity contribution in [3.63, 3.8) is 0 Å². The molecule has 6 nitrogen and oxygen atoms in total. The molecule has 28 heavy (non-hydrogen) atoms. The molecule has 0 bridgehead atoms. The third-order valence-electron chi connectivity index (χ3n) is 3.90. The van der Waals surface area contributed by atoms with Crippen LogP contribution >= 0.6 is 27.3 Å². The van der Waals surface area contributed by atoms with Gasteiger partial charge in [0.2, 0.25) is 0 Å². The van der Waals surface area contributed by atoms with Crippen LogP contribution in [0.15, 0.2) is 68.7 Å². The zero-order valence-electron chi connectivity index (χ0n) is 14.7. The van der Waals surface area contributed by atoms with Crippen LogP contribution in [0.3, 0.4) is 0 Å². The molecule has 0 aliphatic rings. The second-order valence-corrected chi connectivity index (χ2v) is 10.4. The summed E-state index contributed by atoms with van der Waals surface area (Å²) in [6, 6.07) is 18.3. The van der Waals surface area contributed by atoms with Crippen molar-refractivity contribution in [1.82, 2.24) is 9.97 Å². The molecule has 2 aromatic carbocycles. The van der Waals surface area contributed by atoms with E-state index in [1.54, 1.807) is 18.2 Å². The van der Waals surface area contributed by atoms with E-state index in [0.717, 1.165) is 26.4 Å². The molecule has 0 radical (unpaired) electrons. The summed E-state index contributed by atoms with van der Waals surface area (Å²) in [6.07, 6.45) is 0. The van der Waals surface area contributed by atoms with Gasteiger partial charge in [0.25, 0.3) is 10.0 Å². The van der Waals surface area contributed by atoms with Gasteiger partial charge in [-0.2, -0.15) is 0 Å². The number of halogens is 1. The molecule has 0 saturated heterocycles. The summed E-state index contributed by atoms with van der Waals surface area (Å²) < 4.78 is 29.1. The summed E-state index contributed by atoms with van der Waals surface area (Å²) in [4.78, 5) is 9.07. The SMILES string of the molecule is Cc1cccc(Nc2nc3ccccc3nc2NS(=O)(=O)c2ccc(Br)s2)c1. The first kappa shape index (κ1) is 18.9. The van der Waals surface area contributed by atoms with Crippen LogP contribution in [0, 0.1) is 6.92 Å². The molecule has 9 heteroatoms. The van der Waals surface area contributed by atoms with E-state index < -0.39 is 10.0 Å². The monoisotopic (exact) mass is 474 g/mol. The molecule has 4 rings (SSSR count). The predicted molar refractivity (Wildman–Crippen MR) is 117 cm³/mol. The van der Waals surface area contributed by atoms with Gasteiger partial charge in [-0.25, -0.2) is 18.4 Å². The Balaban J connectivity index is 1.79. The highest BCUT2D eigenvalue weighted by molar-refractivity contribution is 9.11. The van der Waals surface area contributed by atoms with Crippen LogP contribution in [-0.2, 0) is 10.0 Å². The van der Waals surface area contributed by atoms with Crippen molar-refractivity contribution < 1.29 is 8.42 Å². The van der Waals surface area contributed by atoms with E-state index >= 15 is 0 Å². The van der Waals surface area contributed by atoms with Crippen molar-refractivity contribution in [2.45, 2.75) is 11.1 Å². The number of anilines is 3. The van der Waals surface area contributed by atoms with E-state index in [9.17, 15) is 8.42 Å². The van der Waals surface area contributed by atoms with Crippen molar-refractivity contribution in [3.8, 4) is 0 Å². The van der Waals surface area contributed by atoms with Crippen LogP contribution in [-0.4, -0.2) is 18.4 Å². The highest BCUT2D eigenvalue weighted by atomic mass is 79.9. The van der Waals surface area contributed by atoms with Crippen molar-refractivity contribution >= 4 is 65.6 Å². The first-order valence-corrected chi connectivity index (χ1v) is 11.4. The molecule has 0 amide bonds. The second kappa shape index (κ2) is 7.50. The Kier molecular flexibility index (Phi) is 5.05. The van der Waals surface area contributed by atoms with Crippen LogP contribution < -0.4 is 10.0 Å². The Morgan fingerprint density at radius 1 is 0.929 bits per heavy atom. The molecule has 142 valence electrons. The number of para-hydroxylation sites is 2. The molecule has 0 atom stereocenters. The number of thiophene rings is 1. The standard InChI is InChI=1S/C19H15BrN4O2S2/c1-12-5-4-6-13(11-12)21-18-19(23-15-8-3-2-7-14(15)22-18)24-28(25,26)17-10-9-16(20)27-17/h2-11H,1H3,(H,21,22)(H,23,24). The average molecular weight is 475 g/mol. The lowest BCUT2D eigenvalue weighted by Crippen LogP contribution is -2.15. The van der Waals surface area contributed by atoms with Crippen LogP contribution in [0.1, 0.15) is 5.56 Å². The van der Waals surface area contributed by atoms with E-state index in [0.29, 0.717) is 16.9 Å². The number of nitrogens with one attached hydrogen (secondary N) is 2. The minimum Gasteiger partial charge on any atom is -0.337 e. The maximum atomic E-state index is 12.8. The number of hydrogen-bond donors (Lipinski definition) is 2. The van der Waals surface area contributed by atoms with Gasteiger partial charge in [0.15, 0.2) is 11.6 Å². The molecular weight excluding hydrogens is 460 g/mol. The molecule has 0 aliphatic carbocycles. The molecular formula is C19H15BrN4O2S2. The van der Waals surface area contributed by atoms with Gasteiger partial charge in [-0.3, -0.25) is 4.72 Å². The minimum atomic E-state index is -3.79. The second-order valence-electron chi connectivity index (χ2n) is 6.07. The van der Waals surface area contributed by atoms with E-state index in [4.69, 9.17) is 0 Å².